The van der Waals surface area contributed by atoms with Crippen molar-refractivity contribution in [2.24, 2.45) is 0 Å². The molecular formula is C25H29BrN2O4. The molecular weight excluding hydrogens is 472 g/mol. The molecule has 0 aromatic heterocycles. The van der Waals surface area contributed by atoms with Gasteiger partial charge in [0.1, 0.15) is 11.5 Å². The summed E-state index contributed by atoms with van der Waals surface area (Å²) in [5, 5.41) is 11.1. The molecule has 0 radical (unpaired) electrons. The second kappa shape index (κ2) is 10.3. The van der Waals surface area contributed by atoms with Crippen LogP contribution in [-0.2, 0) is 9.59 Å². The summed E-state index contributed by atoms with van der Waals surface area (Å²) in [7, 11) is 3.93. The third-order valence-electron chi connectivity index (χ3n) is 5.21. The number of carbonyl (C=O) groups excluding carboxylic acids is 2. The number of aliphatic hydroxyl groups is 1. The highest BCUT2D eigenvalue weighted by atomic mass is 79.9. The van der Waals surface area contributed by atoms with Crippen molar-refractivity contribution in [1.82, 2.24) is 9.80 Å². The van der Waals surface area contributed by atoms with Crippen molar-refractivity contribution in [3.8, 4) is 5.75 Å². The smallest absolute Gasteiger partial charge is 0.295 e. The first-order valence-electron chi connectivity index (χ1n) is 10.6. The molecule has 0 spiro atoms. The fraction of sp³-hybridized carbons (Fsp3) is 0.360. The summed E-state index contributed by atoms with van der Waals surface area (Å²) >= 11 is 3.47. The van der Waals surface area contributed by atoms with Gasteiger partial charge < -0.3 is 19.6 Å². The molecule has 2 aromatic rings. The van der Waals surface area contributed by atoms with Crippen LogP contribution in [0.2, 0.25) is 0 Å². The van der Waals surface area contributed by atoms with Crippen LogP contribution in [0.15, 0.2) is 58.6 Å². The van der Waals surface area contributed by atoms with E-state index in [0.29, 0.717) is 24.3 Å². The Hall–Kier alpha value is -2.64. The van der Waals surface area contributed by atoms with Crippen LogP contribution in [-0.4, -0.2) is 59.9 Å². The van der Waals surface area contributed by atoms with Gasteiger partial charge in [0, 0.05) is 16.6 Å². The minimum Gasteiger partial charge on any atom is -0.507 e. The number of carbonyl (C=O) groups is 2. The predicted octanol–water partition coefficient (Wildman–Crippen LogP) is 4.61. The Morgan fingerprint density at radius 3 is 2.44 bits per heavy atom. The molecule has 0 bridgehead atoms. The molecule has 1 N–H and O–H groups in total. The fourth-order valence-corrected chi connectivity index (χ4v) is 4.23. The third-order valence-corrected chi connectivity index (χ3v) is 5.70. The number of nitrogens with zero attached hydrogens (tertiary/aromatic N) is 2. The zero-order chi connectivity index (χ0) is 23.4. The molecule has 2 aromatic carbocycles. The molecule has 1 atom stereocenters. The molecule has 3 rings (SSSR count). The Morgan fingerprint density at radius 1 is 1.16 bits per heavy atom. The normalized spacial score (nSPS) is 18.1. The average molecular weight is 501 g/mol. The first-order valence-corrected chi connectivity index (χ1v) is 11.4. The van der Waals surface area contributed by atoms with Gasteiger partial charge in [-0.05, 0) is 82.9 Å². The van der Waals surface area contributed by atoms with Crippen LogP contribution < -0.4 is 4.74 Å². The lowest BCUT2D eigenvalue weighted by molar-refractivity contribution is -0.139. The number of ketones is 1. The van der Waals surface area contributed by atoms with E-state index in [1.807, 2.05) is 57.1 Å². The summed E-state index contributed by atoms with van der Waals surface area (Å²) in [6.07, 6.45) is 0.740. The molecule has 170 valence electrons. The Kier molecular flexibility index (Phi) is 7.74. The topological polar surface area (TPSA) is 70.1 Å². The summed E-state index contributed by atoms with van der Waals surface area (Å²) in [5.74, 6) is -0.765. The van der Waals surface area contributed by atoms with Crippen molar-refractivity contribution < 1.29 is 19.4 Å². The van der Waals surface area contributed by atoms with Crippen molar-refractivity contribution in [2.45, 2.75) is 32.4 Å². The van der Waals surface area contributed by atoms with Gasteiger partial charge in [0.15, 0.2) is 0 Å². The highest BCUT2D eigenvalue weighted by molar-refractivity contribution is 9.10. The zero-order valence-electron chi connectivity index (χ0n) is 18.8. The van der Waals surface area contributed by atoms with Crippen molar-refractivity contribution >= 4 is 33.4 Å². The van der Waals surface area contributed by atoms with Gasteiger partial charge in [-0.2, -0.15) is 0 Å². The maximum Gasteiger partial charge on any atom is 0.295 e. The number of hydrogen-bond acceptors (Lipinski definition) is 5. The minimum absolute atomic E-state index is 0.0264. The molecule has 32 heavy (non-hydrogen) atoms. The van der Waals surface area contributed by atoms with Gasteiger partial charge in [0.2, 0.25) is 0 Å². The summed E-state index contributed by atoms with van der Waals surface area (Å²) in [6, 6.07) is 13.7. The Labute approximate surface area is 197 Å². The fourth-order valence-electron chi connectivity index (χ4n) is 3.81. The van der Waals surface area contributed by atoms with Gasteiger partial charge in [-0.15, -0.1) is 0 Å². The number of likely N-dealkylation sites (tertiary alicyclic amines) is 1. The maximum absolute atomic E-state index is 13.1. The summed E-state index contributed by atoms with van der Waals surface area (Å²) in [4.78, 5) is 29.6. The summed E-state index contributed by atoms with van der Waals surface area (Å²) < 4.78 is 6.50. The van der Waals surface area contributed by atoms with E-state index in [1.54, 1.807) is 29.2 Å². The van der Waals surface area contributed by atoms with Gasteiger partial charge in [-0.1, -0.05) is 28.1 Å². The van der Waals surface area contributed by atoms with Crippen LogP contribution in [0.3, 0.4) is 0 Å². The largest absolute Gasteiger partial charge is 0.507 e. The van der Waals surface area contributed by atoms with Gasteiger partial charge in [0.25, 0.3) is 11.7 Å². The Morgan fingerprint density at radius 2 is 1.84 bits per heavy atom. The van der Waals surface area contributed by atoms with Gasteiger partial charge in [-0.25, -0.2) is 0 Å². The highest BCUT2D eigenvalue weighted by Crippen LogP contribution is 2.40. The molecule has 1 heterocycles. The van der Waals surface area contributed by atoms with Crippen molar-refractivity contribution in [2.75, 3.05) is 27.2 Å². The van der Waals surface area contributed by atoms with E-state index in [-0.39, 0.29) is 17.4 Å². The lowest BCUT2D eigenvalue weighted by Crippen LogP contribution is -2.32. The number of Topliss-reactive ketones (excluding diaryl/α,β-unsaturated/α-hetero) is 1. The lowest BCUT2D eigenvalue weighted by Gasteiger charge is -2.26. The zero-order valence-corrected chi connectivity index (χ0v) is 20.4. The van der Waals surface area contributed by atoms with Crippen molar-refractivity contribution in [1.29, 1.82) is 0 Å². The second-order valence-electron chi connectivity index (χ2n) is 8.40. The molecule has 0 saturated carbocycles. The molecule has 0 aliphatic carbocycles. The SMILES string of the molecule is CC(C)Oc1ccc(/C(O)=C2\C(=O)C(=O)N(CCCN(C)C)[C@H]2c2cccc(Br)c2)cc1. The molecule has 1 amide bonds. The van der Waals surface area contributed by atoms with Crippen LogP contribution in [0, 0.1) is 0 Å². The number of rotatable bonds is 8. The second-order valence-corrected chi connectivity index (χ2v) is 9.31. The standard InChI is InChI=1S/C25H29BrN2O4/c1-16(2)32-20-11-9-17(10-12-20)23(29)21-22(18-7-5-8-19(26)15-18)28(25(31)24(21)30)14-6-13-27(3)4/h5,7-12,15-16,22,29H,6,13-14H2,1-4H3/b23-21+/t22-/m0/s1. The van der Waals surface area contributed by atoms with E-state index in [9.17, 15) is 14.7 Å². The van der Waals surface area contributed by atoms with E-state index < -0.39 is 17.7 Å². The minimum atomic E-state index is -0.667. The Bertz CT molecular complexity index is 1010. The number of hydrogen-bond donors (Lipinski definition) is 1. The van der Waals surface area contributed by atoms with E-state index in [4.69, 9.17) is 4.74 Å². The first-order chi connectivity index (χ1) is 15.2. The Balaban J connectivity index is 2.04. The highest BCUT2D eigenvalue weighted by Gasteiger charge is 2.45. The quantitative estimate of drug-likeness (QED) is 0.325. The number of benzene rings is 2. The third kappa shape index (κ3) is 5.40. The van der Waals surface area contributed by atoms with Gasteiger partial charge in [-0.3, -0.25) is 9.59 Å². The van der Waals surface area contributed by atoms with Crippen molar-refractivity contribution in [3.63, 3.8) is 0 Å². The number of amides is 1. The summed E-state index contributed by atoms with van der Waals surface area (Å²) in [6.45, 7) is 5.07. The van der Waals surface area contributed by atoms with E-state index in [1.165, 1.54) is 0 Å². The molecule has 1 fully saturated rings. The van der Waals surface area contributed by atoms with Crippen LogP contribution >= 0.6 is 15.9 Å². The lowest BCUT2D eigenvalue weighted by atomic mass is 9.95. The van der Waals surface area contributed by atoms with Crippen LogP contribution in [0.1, 0.15) is 37.4 Å². The average Bonchev–Trinajstić information content (AvgIpc) is 2.98. The molecule has 1 aliphatic heterocycles. The molecule has 1 aliphatic rings. The molecule has 0 unspecified atom stereocenters. The van der Waals surface area contributed by atoms with Crippen LogP contribution in [0.5, 0.6) is 5.75 Å². The summed E-state index contributed by atoms with van der Waals surface area (Å²) in [5.41, 5.74) is 1.34. The molecule has 6 nitrogen and oxygen atoms in total. The van der Waals surface area contributed by atoms with Crippen LogP contribution in [0.25, 0.3) is 5.76 Å². The monoisotopic (exact) mass is 500 g/mol. The predicted molar refractivity (Wildman–Crippen MR) is 129 cm³/mol. The van der Waals surface area contributed by atoms with E-state index in [0.717, 1.165) is 16.6 Å². The van der Waals surface area contributed by atoms with E-state index in [2.05, 4.69) is 15.9 Å². The number of halogens is 1. The first kappa shape index (κ1) is 24.0. The van der Waals surface area contributed by atoms with Gasteiger partial charge in [0.05, 0.1) is 17.7 Å². The molecule has 1 saturated heterocycles. The van der Waals surface area contributed by atoms with Gasteiger partial charge >= 0.3 is 0 Å². The van der Waals surface area contributed by atoms with Crippen molar-refractivity contribution in [3.05, 3.63) is 69.7 Å². The number of aliphatic hydroxyl groups excluding tert-OH is 1. The maximum atomic E-state index is 13.1. The molecule has 7 heteroatoms. The van der Waals surface area contributed by atoms with E-state index >= 15 is 0 Å². The van der Waals surface area contributed by atoms with Crippen LogP contribution in [0.4, 0.5) is 0 Å². The number of ether oxygens (including phenoxy) is 1.